The van der Waals surface area contributed by atoms with Crippen LogP contribution in [0.1, 0.15) is 12.1 Å². The Kier molecular flexibility index (Phi) is 3.60. The van der Waals surface area contributed by atoms with E-state index >= 15 is 0 Å². The first-order chi connectivity index (χ1) is 9.40. The Morgan fingerprint density at radius 2 is 2.05 bits per heavy atom. The third-order valence-electron chi connectivity index (χ3n) is 3.00. The number of aromatic nitrogens is 2. The zero-order chi connectivity index (χ0) is 14.9. The van der Waals surface area contributed by atoms with Crippen molar-refractivity contribution in [2.45, 2.75) is 12.8 Å². The molecule has 0 saturated carbocycles. The van der Waals surface area contributed by atoms with Gasteiger partial charge in [0.15, 0.2) is 0 Å². The van der Waals surface area contributed by atoms with Gasteiger partial charge in [-0.15, -0.1) is 0 Å². The number of benzene rings is 1. The van der Waals surface area contributed by atoms with E-state index in [1.165, 1.54) is 17.0 Å². The first kappa shape index (κ1) is 13.9. The Labute approximate surface area is 115 Å². The number of fused-ring (bicyclic) bond motifs is 1. The number of phenols is 1. The summed E-state index contributed by atoms with van der Waals surface area (Å²) in [6.07, 6.45) is -0.635. The Hall–Kier alpha value is -2.57. The number of carboxylic acid groups (broad SMARTS) is 1. The van der Waals surface area contributed by atoms with E-state index in [0.29, 0.717) is 23.0 Å². The summed E-state index contributed by atoms with van der Waals surface area (Å²) in [5.41, 5.74) is 0.836. The van der Waals surface area contributed by atoms with Crippen LogP contribution in [0.2, 0.25) is 0 Å². The van der Waals surface area contributed by atoms with Gasteiger partial charge in [-0.05, 0) is 12.1 Å². The van der Waals surface area contributed by atoms with E-state index in [1.807, 2.05) is 0 Å². The van der Waals surface area contributed by atoms with Gasteiger partial charge in [0, 0.05) is 38.4 Å². The molecule has 7 heteroatoms. The predicted octanol–water partition coefficient (Wildman–Crippen LogP) is 1.29. The van der Waals surface area contributed by atoms with E-state index < -0.39 is 6.09 Å². The molecule has 1 aromatic carbocycles. The van der Waals surface area contributed by atoms with Crippen LogP contribution in [-0.4, -0.2) is 51.0 Å². The lowest BCUT2D eigenvalue weighted by atomic mass is 10.1. The topological polar surface area (TPSA) is 95.7 Å². The van der Waals surface area contributed by atoms with Crippen molar-refractivity contribution in [2.75, 3.05) is 14.1 Å². The molecule has 1 aromatic heterocycles. The van der Waals surface area contributed by atoms with Crippen molar-refractivity contribution in [1.29, 1.82) is 0 Å². The van der Waals surface area contributed by atoms with Crippen molar-refractivity contribution in [3.63, 3.8) is 0 Å². The normalized spacial score (nSPS) is 10.7. The van der Waals surface area contributed by atoms with Gasteiger partial charge < -0.3 is 15.1 Å². The maximum absolute atomic E-state index is 11.6. The number of carbonyl (C=O) groups is 2. The predicted molar refractivity (Wildman–Crippen MR) is 71.8 cm³/mol. The molecule has 2 rings (SSSR count). The van der Waals surface area contributed by atoms with Crippen molar-refractivity contribution < 1.29 is 19.8 Å². The van der Waals surface area contributed by atoms with Crippen LogP contribution in [0.25, 0.3) is 10.9 Å². The summed E-state index contributed by atoms with van der Waals surface area (Å²) in [7, 11) is 3.32. The fourth-order valence-electron chi connectivity index (χ4n) is 1.95. The third kappa shape index (κ3) is 2.56. The van der Waals surface area contributed by atoms with E-state index in [0.717, 1.165) is 4.68 Å². The van der Waals surface area contributed by atoms with Crippen molar-refractivity contribution in [2.24, 2.45) is 0 Å². The van der Waals surface area contributed by atoms with Crippen LogP contribution in [0.3, 0.4) is 0 Å². The molecule has 0 fully saturated rings. The standard InChI is InChI=1S/C13H15N3O4/c1-15(2)12(18)6-5-10-9-4-3-8(17)7-11(9)16(14-10)13(19)20/h3-4,7,17H,5-6H2,1-2H3,(H,19,20). The minimum Gasteiger partial charge on any atom is -0.508 e. The van der Waals surface area contributed by atoms with Gasteiger partial charge in [-0.1, -0.05) is 0 Å². The minimum atomic E-state index is -1.23. The second-order valence-electron chi connectivity index (χ2n) is 4.63. The molecule has 0 aliphatic rings. The summed E-state index contributed by atoms with van der Waals surface area (Å²) in [5.74, 6) is -0.0855. The van der Waals surface area contributed by atoms with Gasteiger partial charge in [-0.3, -0.25) is 4.79 Å². The summed E-state index contributed by atoms with van der Waals surface area (Å²) >= 11 is 0. The van der Waals surface area contributed by atoms with E-state index in [9.17, 15) is 14.7 Å². The van der Waals surface area contributed by atoms with Crippen LogP contribution < -0.4 is 0 Å². The zero-order valence-electron chi connectivity index (χ0n) is 11.2. The average molecular weight is 277 g/mol. The molecule has 2 N–H and O–H groups in total. The Balaban J connectivity index is 2.39. The molecule has 0 spiro atoms. The molecule has 0 atom stereocenters. The molecule has 20 heavy (non-hydrogen) atoms. The van der Waals surface area contributed by atoms with E-state index in [1.54, 1.807) is 20.2 Å². The highest BCUT2D eigenvalue weighted by atomic mass is 16.4. The zero-order valence-corrected chi connectivity index (χ0v) is 11.2. The maximum atomic E-state index is 11.6. The number of amides is 1. The van der Waals surface area contributed by atoms with Crippen LogP contribution in [-0.2, 0) is 11.2 Å². The fraction of sp³-hybridized carbons (Fsp3) is 0.308. The lowest BCUT2D eigenvalue weighted by molar-refractivity contribution is -0.128. The molecule has 1 heterocycles. The average Bonchev–Trinajstić information content (AvgIpc) is 2.73. The number of rotatable bonds is 3. The Morgan fingerprint density at radius 3 is 2.65 bits per heavy atom. The van der Waals surface area contributed by atoms with E-state index in [2.05, 4.69) is 5.10 Å². The molecule has 1 amide bonds. The van der Waals surface area contributed by atoms with Crippen molar-refractivity contribution in [1.82, 2.24) is 14.7 Å². The fourth-order valence-corrected chi connectivity index (χ4v) is 1.95. The maximum Gasteiger partial charge on any atom is 0.432 e. The van der Waals surface area contributed by atoms with Gasteiger partial charge in [0.1, 0.15) is 5.75 Å². The smallest absolute Gasteiger partial charge is 0.432 e. The first-order valence-electron chi connectivity index (χ1n) is 6.04. The summed E-state index contributed by atoms with van der Waals surface area (Å²) in [6.45, 7) is 0. The summed E-state index contributed by atoms with van der Waals surface area (Å²) in [5, 5.41) is 23.2. The second-order valence-corrected chi connectivity index (χ2v) is 4.63. The minimum absolute atomic E-state index is 0.0317. The molecule has 0 aliphatic heterocycles. The number of hydrogen-bond acceptors (Lipinski definition) is 4. The number of hydrogen-bond donors (Lipinski definition) is 2. The van der Waals surface area contributed by atoms with E-state index in [4.69, 9.17) is 5.11 Å². The van der Waals surface area contributed by atoms with Crippen molar-refractivity contribution in [3.05, 3.63) is 23.9 Å². The van der Waals surface area contributed by atoms with Crippen molar-refractivity contribution >= 4 is 22.9 Å². The van der Waals surface area contributed by atoms with Gasteiger partial charge in [0.05, 0.1) is 11.2 Å². The SMILES string of the molecule is CN(C)C(=O)CCc1nn(C(=O)O)c2cc(O)ccc12. The number of nitrogens with zero attached hydrogens (tertiary/aromatic N) is 3. The molecule has 0 aliphatic carbocycles. The first-order valence-corrected chi connectivity index (χ1v) is 6.04. The number of aryl methyl sites for hydroxylation is 1. The monoisotopic (exact) mass is 277 g/mol. The molecule has 7 nitrogen and oxygen atoms in total. The lowest BCUT2D eigenvalue weighted by Gasteiger charge is -2.08. The molecule has 2 aromatic rings. The second kappa shape index (κ2) is 5.20. The largest absolute Gasteiger partial charge is 0.508 e. The van der Waals surface area contributed by atoms with Crippen LogP contribution in [0.5, 0.6) is 5.75 Å². The highest BCUT2D eigenvalue weighted by Gasteiger charge is 2.16. The molecule has 0 unspecified atom stereocenters. The van der Waals surface area contributed by atoms with Crippen molar-refractivity contribution in [3.8, 4) is 5.75 Å². The van der Waals surface area contributed by atoms with Gasteiger partial charge in [-0.2, -0.15) is 9.78 Å². The van der Waals surface area contributed by atoms with Crippen LogP contribution in [0.15, 0.2) is 18.2 Å². The quantitative estimate of drug-likeness (QED) is 0.881. The van der Waals surface area contributed by atoms with E-state index in [-0.39, 0.29) is 18.1 Å². The highest BCUT2D eigenvalue weighted by molar-refractivity contribution is 5.90. The van der Waals surface area contributed by atoms with Gasteiger partial charge in [-0.25, -0.2) is 4.79 Å². The number of carbonyl (C=O) groups excluding carboxylic acids is 1. The van der Waals surface area contributed by atoms with Gasteiger partial charge in [0.25, 0.3) is 0 Å². The Morgan fingerprint density at radius 1 is 1.35 bits per heavy atom. The van der Waals surface area contributed by atoms with Gasteiger partial charge in [0.2, 0.25) is 5.91 Å². The highest BCUT2D eigenvalue weighted by Crippen LogP contribution is 2.24. The molecular weight excluding hydrogens is 262 g/mol. The summed E-state index contributed by atoms with van der Waals surface area (Å²) < 4.78 is 0.810. The molecule has 0 bridgehead atoms. The van der Waals surface area contributed by atoms with Crippen LogP contribution >= 0.6 is 0 Å². The molecular formula is C13H15N3O4. The van der Waals surface area contributed by atoms with Crippen LogP contribution in [0, 0.1) is 0 Å². The molecule has 0 radical (unpaired) electrons. The molecule has 106 valence electrons. The lowest BCUT2D eigenvalue weighted by Crippen LogP contribution is -2.22. The summed E-state index contributed by atoms with van der Waals surface area (Å²) in [6, 6.07) is 4.41. The van der Waals surface area contributed by atoms with Crippen LogP contribution in [0.4, 0.5) is 4.79 Å². The summed E-state index contributed by atoms with van der Waals surface area (Å²) in [4.78, 5) is 24.2. The van der Waals surface area contributed by atoms with Gasteiger partial charge >= 0.3 is 6.09 Å². The molecule has 0 saturated heterocycles. The Bertz CT molecular complexity index is 676. The third-order valence-corrected chi connectivity index (χ3v) is 3.00. The number of aromatic hydroxyl groups is 1. The number of phenolic OH excluding ortho intramolecular Hbond substituents is 1.